The minimum atomic E-state index is 0.775. The highest BCUT2D eigenvalue weighted by molar-refractivity contribution is 5.28. The van der Waals surface area contributed by atoms with Crippen molar-refractivity contribution in [3.8, 4) is 0 Å². The summed E-state index contributed by atoms with van der Waals surface area (Å²) in [4.78, 5) is 0. The Labute approximate surface area is 493 Å². The molecule has 0 heteroatoms. The molecule has 0 spiro atoms. The summed E-state index contributed by atoms with van der Waals surface area (Å²) in [6, 6.07) is 57.6. The van der Waals surface area contributed by atoms with Crippen LogP contribution in [0.1, 0.15) is 213 Å². The third-order valence-electron chi connectivity index (χ3n) is 20.5. The predicted molar refractivity (Wildman–Crippen MR) is 352 cm³/mol. The molecule has 9 aliphatic carbocycles. The van der Waals surface area contributed by atoms with E-state index in [1.807, 2.05) is 96.1 Å². The van der Waals surface area contributed by atoms with E-state index in [0.717, 1.165) is 11.8 Å². The first-order valence-electron chi connectivity index (χ1n) is 33.3. The molecule has 12 unspecified atom stereocenters. The molecule has 0 nitrogen and oxygen atoms in total. The number of benzene rings is 6. The van der Waals surface area contributed by atoms with Gasteiger partial charge in [0.2, 0.25) is 0 Å². The Balaban J connectivity index is 0.000000154. The molecule has 6 aromatic carbocycles. The molecule has 0 amide bonds. The van der Waals surface area contributed by atoms with Crippen LogP contribution in [0.25, 0.3) is 0 Å². The summed E-state index contributed by atoms with van der Waals surface area (Å²) in [5, 5.41) is 0. The fraction of sp³-hybridized carbons (Fsp3) is 0.550. The number of fused-ring (bicyclic) bond motifs is 17. The van der Waals surface area contributed by atoms with Gasteiger partial charge >= 0.3 is 0 Å². The Morgan fingerprint density at radius 2 is 0.475 bits per heavy atom. The fourth-order valence-corrected chi connectivity index (χ4v) is 17.0. The first-order valence-corrected chi connectivity index (χ1v) is 33.3. The Morgan fingerprint density at radius 1 is 0.225 bits per heavy atom. The van der Waals surface area contributed by atoms with Gasteiger partial charge in [-0.25, -0.2) is 0 Å². The minimum Gasteiger partial charge on any atom is -0.0683 e. The molecule has 0 heterocycles. The van der Waals surface area contributed by atoms with E-state index < -0.39 is 0 Å². The Hall–Kier alpha value is -4.68. The lowest BCUT2D eigenvalue weighted by Gasteiger charge is -2.40. The maximum Gasteiger partial charge on any atom is -0.0162 e. The summed E-state index contributed by atoms with van der Waals surface area (Å²) in [5.41, 5.74) is 12.4. The van der Waals surface area contributed by atoms with Gasteiger partial charge in [-0.15, -0.1) is 0 Å². The van der Waals surface area contributed by atoms with Crippen molar-refractivity contribution in [3.63, 3.8) is 0 Å². The number of rotatable bonds is 2. The van der Waals surface area contributed by atoms with Gasteiger partial charge in [0, 0.05) is 0 Å². The van der Waals surface area contributed by atoms with Crippen LogP contribution in [-0.2, 0) is 0 Å². The fourth-order valence-electron chi connectivity index (χ4n) is 17.0. The summed E-state index contributed by atoms with van der Waals surface area (Å²) >= 11 is 0. The maximum absolute atomic E-state index is 2.33. The standard InChI is InChI=1S/C20H24.C15H22.C10H16.C8H10.3C7H8.3C2H6/c1-15-3-7-17(8-4-15)19-11-13-20(14-12-19)18-9-5-16(2)6-10-18;1-2-10-11(3-1)13-7-12(10)14-8-4-5-9(6-8)15(13)14;1-2-9-7-4-5-8(6-7)10(9)3-1;1-7-3-5-8(2)6-4-7;3*1-7-5-3-2-4-6-7;3*1-2/h3-10,19-20H,11-14H2,1-2H3;8-15H,1-7H2;7-10H,1-6H2;3-6H,1-2H3;3*2-6H,1H3;3*1-2H3. The molecular formula is C80H114. The normalized spacial score (nSPS) is 29.2. The van der Waals surface area contributed by atoms with E-state index in [-0.39, 0.29) is 0 Å². The van der Waals surface area contributed by atoms with E-state index >= 15 is 0 Å². The lowest BCUT2D eigenvalue weighted by atomic mass is 9.64. The van der Waals surface area contributed by atoms with Crippen LogP contribution in [0.2, 0.25) is 0 Å². The second kappa shape index (κ2) is 34.1. The van der Waals surface area contributed by atoms with Crippen molar-refractivity contribution in [2.75, 3.05) is 0 Å². The first-order chi connectivity index (χ1) is 39.1. The van der Waals surface area contributed by atoms with Crippen molar-refractivity contribution in [3.05, 3.63) is 214 Å². The minimum absolute atomic E-state index is 0.775. The Kier molecular flexibility index (Phi) is 27.4. The van der Waals surface area contributed by atoms with Crippen LogP contribution >= 0.6 is 0 Å². The van der Waals surface area contributed by atoms with E-state index in [9.17, 15) is 0 Å². The monoisotopic (exact) mass is 1070 g/mol. The molecule has 9 aliphatic rings. The largest absolute Gasteiger partial charge is 0.0683 e. The molecule has 0 aliphatic heterocycles. The van der Waals surface area contributed by atoms with Crippen LogP contribution < -0.4 is 0 Å². The molecule has 9 fully saturated rings. The maximum atomic E-state index is 2.33. The summed E-state index contributed by atoms with van der Waals surface area (Å²) in [5.74, 6) is 16.1. The van der Waals surface area contributed by atoms with E-state index in [2.05, 4.69) is 158 Å². The van der Waals surface area contributed by atoms with Gasteiger partial charge in [0.1, 0.15) is 0 Å². The van der Waals surface area contributed by atoms with Crippen LogP contribution in [0.4, 0.5) is 0 Å². The van der Waals surface area contributed by atoms with Crippen molar-refractivity contribution in [1.29, 1.82) is 0 Å². The van der Waals surface area contributed by atoms with E-state index in [4.69, 9.17) is 0 Å². The molecule has 0 aromatic heterocycles. The van der Waals surface area contributed by atoms with Crippen LogP contribution in [0.3, 0.4) is 0 Å². The molecule has 6 bridgehead atoms. The third-order valence-corrected chi connectivity index (χ3v) is 20.5. The van der Waals surface area contributed by atoms with Crippen LogP contribution in [0, 0.1) is 119 Å². The van der Waals surface area contributed by atoms with E-state index in [1.54, 1.807) is 83.5 Å². The van der Waals surface area contributed by atoms with Gasteiger partial charge in [-0.05, 0) is 239 Å². The van der Waals surface area contributed by atoms with Crippen molar-refractivity contribution >= 4 is 0 Å². The molecule has 12 atom stereocenters. The first kappa shape index (κ1) is 64.5. The third kappa shape index (κ3) is 18.2. The topological polar surface area (TPSA) is 0 Å². The highest BCUT2D eigenvalue weighted by Gasteiger charge is 2.65. The average molecular weight is 1080 g/mol. The SMILES string of the molecule is C1CC2C(C1)C1CC2C2C3CCC(C3)C12.C1CC2C3CCC(C3)C2C1.CC.CC.CC.Cc1ccc(C)cc1.Cc1ccc(C2CCC(c3ccc(C)cc3)CC2)cc1.Cc1ccccc1.Cc1ccccc1.Cc1ccccc1. The zero-order valence-electron chi connectivity index (χ0n) is 53.2. The highest BCUT2D eigenvalue weighted by atomic mass is 14.7. The van der Waals surface area contributed by atoms with Crippen molar-refractivity contribution in [2.45, 2.75) is 211 Å². The van der Waals surface area contributed by atoms with Gasteiger partial charge in [-0.1, -0.05) is 257 Å². The van der Waals surface area contributed by atoms with Crippen LogP contribution in [-0.4, -0.2) is 0 Å². The van der Waals surface area contributed by atoms with Crippen molar-refractivity contribution in [1.82, 2.24) is 0 Å². The Morgan fingerprint density at radius 3 is 0.762 bits per heavy atom. The van der Waals surface area contributed by atoms with Crippen LogP contribution in [0.15, 0.2) is 164 Å². The molecule has 6 aromatic rings. The lowest BCUT2D eigenvalue weighted by molar-refractivity contribution is 0.0716. The molecule has 9 saturated carbocycles. The Bertz CT molecular complexity index is 2300. The molecule has 0 radical (unpaired) electrons. The zero-order valence-corrected chi connectivity index (χ0v) is 53.2. The average Bonchev–Trinajstić information content (AvgIpc) is 4.39. The smallest absolute Gasteiger partial charge is 0.0162 e. The summed E-state index contributed by atoms with van der Waals surface area (Å²) in [7, 11) is 0. The number of hydrogen-bond acceptors (Lipinski definition) is 0. The van der Waals surface area contributed by atoms with Gasteiger partial charge in [0.05, 0.1) is 0 Å². The van der Waals surface area contributed by atoms with Gasteiger partial charge in [0.15, 0.2) is 0 Å². The lowest BCUT2D eigenvalue weighted by Crippen LogP contribution is -2.35. The van der Waals surface area contributed by atoms with Crippen molar-refractivity contribution < 1.29 is 0 Å². The second-order valence-corrected chi connectivity index (χ2v) is 25.4. The van der Waals surface area contributed by atoms with Gasteiger partial charge in [0.25, 0.3) is 0 Å². The highest BCUT2D eigenvalue weighted by Crippen LogP contribution is 2.72. The molecule has 0 saturated heterocycles. The van der Waals surface area contributed by atoms with E-state index in [0.29, 0.717) is 0 Å². The number of hydrogen-bond donors (Lipinski definition) is 0. The second-order valence-electron chi connectivity index (χ2n) is 25.4. The summed E-state index contributed by atoms with van der Waals surface area (Å²) < 4.78 is 0. The molecule has 434 valence electrons. The molecular weight excluding hydrogens is 961 g/mol. The molecule has 80 heavy (non-hydrogen) atoms. The molecule has 0 N–H and O–H groups in total. The summed E-state index contributed by atoms with van der Waals surface area (Å²) in [6.45, 7) is 26.8. The summed E-state index contributed by atoms with van der Waals surface area (Å²) in [6.07, 6.45) is 26.3. The number of aryl methyl sites for hydroxylation is 7. The van der Waals surface area contributed by atoms with Gasteiger partial charge < -0.3 is 0 Å². The predicted octanol–water partition coefficient (Wildman–Crippen LogP) is 23.7. The quantitative estimate of drug-likeness (QED) is 0.152. The molecule has 15 rings (SSSR count). The zero-order chi connectivity index (χ0) is 57.4. The van der Waals surface area contributed by atoms with E-state index in [1.165, 1.54) is 147 Å². The van der Waals surface area contributed by atoms with Crippen LogP contribution in [0.5, 0.6) is 0 Å². The van der Waals surface area contributed by atoms with Gasteiger partial charge in [-0.3, -0.25) is 0 Å². The van der Waals surface area contributed by atoms with Crippen molar-refractivity contribution in [2.24, 2.45) is 71.0 Å². The van der Waals surface area contributed by atoms with Gasteiger partial charge in [-0.2, -0.15) is 0 Å².